The number of hydrogen-bond donors (Lipinski definition) is 2. The Bertz CT molecular complexity index is 675. The number of carbonyl (C=O) groups excluding carboxylic acids is 1. The number of benzene rings is 2. The van der Waals surface area contributed by atoms with Gasteiger partial charge in [0.25, 0.3) is 5.91 Å². The Morgan fingerprint density at radius 1 is 1.05 bits per heavy atom. The van der Waals surface area contributed by atoms with Crippen LogP contribution in [0.1, 0.15) is 23.6 Å². The molecule has 0 radical (unpaired) electrons. The monoisotopic (exact) mass is 295 g/mol. The van der Waals surface area contributed by atoms with E-state index in [-0.39, 0.29) is 12.5 Å². The summed E-state index contributed by atoms with van der Waals surface area (Å²) in [5.41, 5.74) is 7.62. The van der Waals surface area contributed by atoms with E-state index in [1.54, 1.807) is 0 Å². The van der Waals surface area contributed by atoms with Crippen LogP contribution in [0.25, 0.3) is 0 Å². The summed E-state index contributed by atoms with van der Waals surface area (Å²) in [7, 11) is 0. The summed E-state index contributed by atoms with van der Waals surface area (Å²) in [6.07, 6.45) is 0. The maximum absolute atomic E-state index is 11.8. The van der Waals surface area contributed by atoms with Crippen molar-refractivity contribution in [1.82, 2.24) is 5.43 Å². The summed E-state index contributed by atoms with van der Waals surface area (Å²) in [6.45, 7) is 6.11. The van der Waals surface area contributed by atoms with Crippen LogP contribution >= 0.6 is 0 Å². The van der Waals surface area contributed by atoms with E-state index in [0.29, 0.717) is 0 Å². The smallest absolute Gasteiger partial charge is 0.259 e. The topological polar surface area (TPSA) is 53.5 Å². The van der Waals surface area contributed by atoms with Gasteiger partial charge in [-0.25, -0.2) is 5.43 Å². The number of nitrogens with zero attached hydrogens (tertiary/aromatic N) is 1. The minimum atomic E-state index is -0.173. The second-order valence-electron chi connectivity index (χ2n) is 5.32. The highest BCUT2D eigenvalue weighted by Crippen LogP contribution is 2.08. The Kier molecular flexibility index (Phi) is 5.31. The van der Waals surface area contributed by atoms with Crippen LogP contribution in [-0.4, -0.2) is 18.2 Å². The Hall–Kier alpha value is -2.62. The van der Waals surface area contributed by atoms with Crippen LogP contribution in [0.5, 0.6) is 0 Å². The van der Waals surface area contributed by atoms with Gasteiger partial charge in [0.15, 0.2) is 0 Å². The van der Waals surface area contributed by atoms with Crippen molar-refractivity contribution in [2.75, 3.05) is 11.9 Å². The number of rotatable bonds is 5. The van der Waals surface area contributed by atoms with Crippen LogP contribution in [0.15, 0.2) is 53.6 Å². The molecular weight excluding hydrogens is 274 g/mol. The van der Waals surface area contributed by atoms with E-state index in [9.17, 15) is 4.79 Å². The summed E-state index contributed by atoms with van der Waals surface area (Å²) < 4.78 is 0. The summed E-state index contributed by atoms with van der Waals surface area (Å²) in [6, 6.07) is 15.9. The third-order valence-electron chi connectivity index (χ3n) is 3.29. The van der Waals surface area contributed by atoms with E-state index < -0.39 is 0 Å². The van der Waals surface area contributed by atoms with E-state index in [2.05, 4.69) is 15.8 Å². The molecule has 0 heterocycles. The molecule has 0 unspecified atom stereocenters. The summed E-state index contributed by atoms with van der Waals surface area (Å²) in [4.78, 5) is 11.8. The molecule has 0 aliphatic heterocycles. The highest BCUT2D eigenvalue weighted by molar-refractivity contribution is 5.99. The standard InChI is InChI=1S/C18H21N3O/c1-13-7-9-16(10-8-13)15(3)20-21-18(22)12-19-17-6-4-5-14(2)11-17/h4-11,19H,12H2,1-3H3,(H,21,22)/b20-15-. The number of aryl methyl sites for hydroxylation is 2. The largest absolute Gasteiger partial charge is 0.376 e. The first-order valence-corrected chi connectivity index (χ1v) is 7.25. The zero-order chi connectivity index (χ0) is 15.9. The maximum Gasteiger partial charge on any atom is 0.259 e. The molecule has 2 rings (SSSR count). The number of anilines is 1. The summed E-state index contributed by atoms with van der Waals surface area (Å²) >= 11 is 0. The minimum absolute atomic E-state index is 0.173. The second-order valence-corrected chi connectivity index (χ2v) is 5.32. The van der Waals surface area contributed by atoms with E-state index in [0.717, 1.165) is 22.5 Å². The third kappa shape index (κ3) is 4.74. The fourth-order valence-corrected chi connectivity index (χ4v) is 1.98. The van der Waals surface area contributed by atoms with Gasteiger partial charge in [0.05, 0.1) is 12.3 Å². The molecular formula is C18H21N3O. The van der Waals surface area contributed by atoms with Gasteiger partial charge in [-0.1, -0.05) is 42.0 Å². The first kappa shape index (κ1) is 15.8. The van der Waals surface area contributed by atoms with Gasteiger partial charge in [0, 0.05) is 5.69 Å². The van der Waals surface area contributed by atoms with Gasteiger partial charge in [-0.05, 0) is 44.0 Å². The van der Waals surface area contributed by atoms with Crippen LogP contribution < -0.4 is 10.7 Å². The van der Waals surface area contributed by atoms with Crippen molar-refractivity contribution in [3.63, 3.8) is 0 Å². The van der Waals surface area contributed by atoms with E-state index >= 15 is 0 Å². The molecule has 114 valence electrons. The maximum atomic E-state index is 11.8. The first-order chi connectivity index (χ1) is 10.5. The zero-order valence-electron chi connectivity index (χ0n) is 13.2. The fourth-order valence-electron chi connectivity index (χ4n) is 1.98. The molecule has 0 aromatic heterocycles. The molecule has 4 nitrogen and oxygen atoms in total. The lowest BCUT2D eigenvalue weighted by molar-refractivity contribution is -0.119. The molecule has 22 heavy (non-hydrogen) atoms. The molecule has 4 heteroatoms. The molecule has 0 spiro atoms. The number of amides is 1. The van der Waals surface area contributed by atoms with Crippen molar-refractivity contribution in [3.8, 4) is 0 Å². The molecule has 0 aliphatic carbocycles. The average Bonchev–Trinajstić information content (AvgIpc) is 2.51. The average molecular weight is 295 g/mol. The van der Waals surface area contributed by atoms with Crippen molar-refractivity contribution >= 4 is 17.3 Å². The molecule has 2 aromatic carbocycles. The Balaban J connectivity index is 1.86. The number of carbonyl (C=O) groups is 1. The molecule has 1 amide bonds. The lowest BCUT2D eigenvalue weighted by Crippen LogP contribution is -2.26. The highest BCUT2D eigenvalue weighted by Gasteiger charge is 2.01. The van der Waals surface area contributed by atoms with Crippen LogP contribution in [-0.2, 0) is 4.79 Å². The Labute approximate surface area is 131 Å². The molecule has 0 bridgehead atoms. The van der Waals surface area contributed by atoms with Gasteiger partial charge < -0.3 is 5.32 Å². The molecule has 0 fully saturated rings. The van der Waals surface area contributed by atoms with Gasteiger partial charge in [0.1, 0.15) is 0 Å². The normalized spacial score (nSPS) is 11.1. The van der Waals surface area contributed by atoms with Crippen LogP contribution in [0, 0.1) is 13.8 Å². The molecule has 0 aliphatic rings. The molecule has 0 saturated heterocycles. The number of hydrogen-bond acceptors (Lipinski definition) is 3. The third-order valence-corrected chi connectivity index (χ3v) is 3.29. The Morgan fingerprint density at radius 2 is 1.77 bits per heavy atom. The van der Waals surface area contributed by atoms with Crippen LogP contribution in [0.2, 0.25) is 0 Å². The van der Waals surface area contributed by atoms with Crippen molar-refractivity contribution in [2.24, 2.45) is 5.10 Å². The summed E-state index contributed by atoms with van der Waals surface area (Å²) in [5, 5.41) is 7.21. The second kappa shape index (κ2) is 7.41. The van der Waals surface area contributed by atoms with E-state index in [1.165, 1.54) is 5.56 Å². The predicted molar refractivity (Wildman–Crippen MR) is 91.2 cm³/mol. The Morgan fingerprint density at radius 3 is 2.45 bits per heavy atom. The summed E-state index contributed by atoms with van der Waals surface area (Å²) in [5.74, 6) is -0.173. The zero-order valence-corrected chi connectivity index (χ0v) is 13.2. The molecule has 2 N–H and O–H groups in total. The molecule has 0 atom stereocenters. The van der Waals surface area contributed by atoms with E-state index in [1.807, 2.05) is 69.3 Å². The van der Waals surface area contributed by atoms with Gasteiger partial charge in [-0.15, -0.1) is 0 Å². The highest BCUT2D eigenvalue weighted by atomic mass is 16.2. The first-order valence-electron chi connectivity index (χ1n) is 7.25. The SMILES string of the molecule is C/C(=N/NC(=O)CNc1cccc(C)c1)c1ccc(C)cc1. The van der Waals surface area contributed by atoms with E-state index in [4.69, 9.17) is 0 Å². The van der Waals surface area contributed by atoms with Crippen LogP contribution in [0.3, 0.4) is 0 Å². The number of nitrogens with one attached hydrogen (secondary N) is 2. The lowest BCUT2D eigenvalue weighted by atomic mass is 10.1. The quantitative estimate of drug-likeness (QED) is 0.657. The van der Waals surface area contributed by atoms with Crippen molar-refractivity contribution in [2.45, 2.75) is 20.8 Å². The van der Waals surface area contributed by atoms with Crippen LogP contribution in [0.4, 0.5) is 5.69 Å². The fraction of sp³-hybridized carbons (Fsp3) is 0.222. The van der Waals surface area contributed by atoms with Crippen molar-refractivity contribution in [1.29, 1.82) is 0 Å². The van der Waals surface area contributed by atoms with Gasteiger partial charge in [-0.3, -0.25) is 4.79 Å². The minimum Gasteiger partial charge on any atom is -0.376 e. The molecule has 0 saturated carbocycles. The lowest BCUT2D eigenvalue weighted by Gasteiger charge is -2.07. The van der Waals surface area contributed by atoms with Crippen molar-refractivity contribution < 1.29 is 4.79 Å². The van der Waals surface area contributed by atoms with Crippen molar-refractivity contribution in [3.05, 3.63) is 65.2 Å². The van der Waals surface area contributed by atoms with Gasteiger partial charge in [0.2, 0.25) is 0 Å². The molecule has 2 aromatic rings. The van der Waals surface area contributed by atoms with Gasteiger partial charge >= 0.3 is 0 Å². The predicted octanol–water partition coefficient (Wildman–Crippen LogP) is 3.26. The number of hydrazone groups is 1. The van der Waals surface area contributed by atoms with Gasteiger partial charge in [-0.2, -0.15) is 5.10 Å².